The first kappa shape index (κ1) is 14.0. The third kappa shape index (κ3) is 2.90. The first-order valence-electron chi connectivity index (χ1n) is 6.70. The lowest BCUT2D eigenvalue weighted by molar-refractivity contribution is 0.0518. The lowest BCUT2D eigenvalue weighted by atomic mass is 10.3. The van der Waals surface area contributed by atoms with Crippen molar-refractivity contribution in [1.82, 2.24) is 25.1 Å². The van der Waals surface area contributed by atoms with Crippen molar-refractivity contribution in [3.8, 4) is 0 Å². The van der Waals surface area contributed by atoms with Gasteiger partial charge in [0.15, 0.2) is 11.5 Å². The first-order chi connectivity index (χ1) is 10.2. The third-order valence-electron chi connectivity index (χ3n) is 3.14. The summed E-state index contributed by atoms with van der Waals surface area (Å²) >= 11 is 5.88. The minimum atomic E-state index is -0.538. The topological polar surface area (TPSA) is 95.9 Å². The van der Waals surface area contributed by atoms with Gasteiger partial charge in [-0.3, -0.25) is 0 Å². The molecule has 2 aromatic rings. The Bertz CT molecular complexity index is 649. The van der Waals surface area contributed by atoms with E-state index in [1.165, 1.54) is 4.68 Å². The molecule has 2 heterocycles. The SMILES string of the molecule is CCOC(=O)c1nnn(Cc2nc(C3CC3)no2)c1CCl. The van der Waals surface area contributed by atoms with E-state index in [2.05, 4.69) is 20.5 Å². The maximum absolute atomic E-state index is 11.7. The molecular formula is C12H14ClN5O3. The van der Waals surface area contributed by atoms with Crippen molar-refractivity contribution in [2.75, 3.05) is 6.61 Å². The molecule has 0 unspecified atom stereocenters. The summed E-state index contributed by atoms with van der Waals surface area (Å²) in [6.45, 7) is 2.22. The zero-order valence-corrected chi connectivity index (χ0v) is 12.2. The van der Waals surface area contributed by atoms with Crippen LogP contribution in [0.2, 0.25) is 0 Å². The second-order valence-electron chi connectivity index (χ2n) is 4.72. The summed E-state index contributed by atoms with van der Waals surface area (Å²) in [5.41, 5.74) is 0.593. The fourth-order valence-corrected chi connectivity index (χ4v) is 2.18. The van der Waals surface area contributed by atoms with Crippen LogP contribution in [0.4, 0.5) is 0 Å². The van der Waals surface area contributed by atoms with Crippen molar-refractivity contribution in [3.05, 3.63) is 23.1 Å². The normalized spacial score (nSPS) is 14.4. The van der Waals surface area contributed by atoms with Crippen molar-refractivity contribution >= 4 is 17.6 Å². The van der Waals surface area contributed by atoms with Gasteiger partial charge in [0.05, 0.1) is 18.2 Å². The summed E-state index contributed by atoms with van der Waals surface area (Å²) in [6.07, 6.45) is 2.20. The Kier molecular flexibility index (Phi) is 3.87. The maximum Gasteiger partial charge on any atom is 0.360 e. The fraction of sp³-hybridized carbons (Fsp3) is 0.583. The molecule has 0 N–H and O–H groups in total. The quantitative estimate of drug-likeness (QED) is 0.589. The molecule has 2 aromatic heterocycles. The number of halogens is 1. The van der Waals surface area contributed by atoms with Crippen molar-refractivity contribution < 1.29 is 14.1 Å². The Labute approximate surface area is 125 Å². The molecule has 112 valence electrons. The number of hydrogen-bond acceptors (Lipinski definition) is 7. The van der Waals surface area contributed by atoms with Gasteiger partial charge in [-0.2, -0.15) is 4.98 Å². The van der Waals surface area contributed by atoms with E-state index in [0.717, 1.165) is 18.7 Å². The van der Waals surface area contributed by atoms with E-state index in [9.17, 15) is 4.79 Å². The van der Waals surface area contributed by atoms with Crippen molar-refractivity contribution in [1.29, 1.82) is 0 Å². The van der Waals surface area contributed by atoms with E-state index in [-0.39, 0.29) is 24.7 Å². The number of esters is 1. The molecule has 0 aliphatic heterocycles. The van der Waals surface area contributed by atoms with Crippen LogP contribution in [0.25, 0.3) is 0 Å². The van der Waals surface area contributed by atoms with Crippen molar-refractivity contribution in [3.63, 3.8) is 0 Å². The van der Waals surface area contributed by atoms with Gasteiger partial charge < -0.3 is 9.26 Å². The van der Waals surface area contributed by atoms with E-state index in [4.69, 9.17) is 20.9 Å². The minimum Gasteiger partial charge on any atom is -0.461 e. The summed E-state index contributed by atoms with van der Waals surface area (Å²) in [7, 11) is 0. The largest absolute Gasteiger partial charge is 0.461 e. The van der Waals surface area contributed by atoms with Gasteiger partial charge in [-0.25, -0.2) is 9.48 Å². The average molecular weight is 312 g/mol. The number of rotatable bonds is 6. The minimum absolute atomic E-state index is 0.0881. The molecule has 0 bridgehead atoms. The van der Waals surface area contributed by atoms with Crippen LogP contribution in [-0.2, 0) is 17.2 Å². The highest BCUT2D eigenvalue weighted by molar-refractivity contribution is 6.17. The molecule has 0 spiro atoms. The zero-order valence-electron chi connectivity index (χ0n) is 11.5. The van der Waals surface area contributed by atoms with Crippen LogP contribution < -0.4 is 0 Å². The molecule has 0 atom stereocenters. The molecule has 0 aromatic carbocycles. The lowest BCUT2D eigenvalue weighted by Crippen LogP contribution is -2.10. The number of aromatic nitrogens is 5. The van der Waals surface area contributed by atoms with Crippen molar-refractivity contribution in [2.45, 2.75) is 38.1 Å². The maximum atomic E-state index is 11.7. The Balaban J connectivity index is 1.79. The van der Waals surface area contributed by atoms with Gasteiger partial charge in [0.2, 0.25) is 5.89 Å². The number of carbonyl (C=O) groups excluding carboxylic acids is 1. The summed E-state index contributed by atoms with van der Waals surface area (Å²) in [5.74, 6) is 1.11. The van der Waals surface area contributed by atoms with Crippen LogP contribution >= 0.6 is 11.6 Å². The Morgan fingerprint density at radius 3 is 3.00 bits per heavy atom. The van der Waals surface area contributed by atoms with Gasteiger partial charge >= 0.3 is 5.97 Å². The van der Waals surface area contributed by atoms with Crippen LogP contribution in [0.3, 0.4) is 0 Å². The van der Waals surface area contributed by atoms with Crippen LogP contribution in [0.5, 0.6) is 0 Å². The van der Waals surface area contributed by atoms with Crippen LogP contribution in [0.15, 0.2) is 4.52 Å². The van der Waals surface area contributed by atoms with E-state index < -0.39 is 5.97 Å². The van der Waals surface area contributed by atoms with E-state index in [1.54, 1.807) is 6.92 Å². The van der Waals surface area contributed by atoms with E-state index in [0.29, 0.717) is 17.5 Å². The van der Waals surface area contributed by atoms with E-state index in [1.807, 2.05) is 0 Å². The van der Waals surface area contributed by atoms with Gasteiger partial charge in [0.25, 0.3) is 0 Å². The van der Waals surface area contributed by atoms with Gasteiger partial charge in [0.1, 0.15) is 6.54 Å². The van der Waals surface area contributed by atoms with Gasteiger partial charge in [-0.05, 0) is 19.8 Å². The molecule has 1 aliphatic carbocycles. The highest BCUT2D eigenvalue weighted by atomic mass is 35.5. The molecule has 8 nitrogen and oxygen atoms in total. The van der Waals surface area contributed by atoms with Crippen molar-refractivity contribution in [2.24, 2.45) is 0 Å². The number of hydrogen-bond donors (Lipinski definition) is 0. The first-order valence-corrected chi connectivity index (χ1v) is 7.24. The van der Waals surface area contributed by atoms with Gasteiger partial charge in [0, 0.05) is 5.92 Å². The van der Waals surface area contributed by atoms with Crippen LogP contribution in [0.1, 0.15) is 53.6 Å². The highest BCUT2D eigenvalue weighted by Crippen LogP contribution is 2.38. The molecule has 1 saturated carbocycles. The second kappa shape index (κ2) is 5.80. The van der Waals surface area contributed by atoms with Crippen LogP contribution in [0, 0.1) is 0 Å². The molecule has 0 saturated heterocycles. The number of carbonyl (C=O) groups is 1. The Morgan fingerprint density at radius 1 is 1.52 bits per heavy atom. The second-order valence-corrected chi connectivity index (χ2v) is 4.98. The van der Waals surface area contributed by atoms with Gasteiger partial charge in [-0.15, -0.1) is 16.7 Å². The number of nitrogens with zero attached hydrogens (tertiary/aromatic N) is 5. The standard InChI is InChI=1S/C12H14ClN5O3/c1-2-20-12(19)10-8(5-13)18(17-15-10)6-9-14-11(16-21-9)7-3-4-7/h7H,2-6H2,1H3. The third-order valence-corrected chi connectivity index (χ3v) is 3.40. The molecule has 0 amide bonds. The van der Waals surface area contributed by atoms with Crippen LogP contribution in [-0.4, -0.2) is 37.7 Å². The molecule has 9 heteroatoms. The molecule has 3 rings (SSSR count). The molecule has 1 aliphatic rings. The molecule has 1 fully saturated rings. The summed E-state index contributed by atoms with van der Waals surface area (Å²) in [6, 6.07) is 0. The lowest BCUT2D eigenvalue weighted by Gasteiger charge is -2.02. The number of alkyl halides is 1. The Morgan fingerprint density at radius 2 is 2.33 bits per heavy atom. The monoisotopic (exact) mass is 311 g/mol. The molecular weight excluding hydrogens is 298 g/mol. The van der Waals surface area contributed by atoms with E-state index >= 15 is 0 Å². The predicted molar refractivity (Wildman–Crippen MR) is 70.9 cm³/mol. The Hall–Kier alpha value is -1.96. The zero-order chi connectivity index (χ0) is 14.8. The molecule has 21 heavy (non-hydrogen) atoms. The van der Waals surface area contributed by atoms with Gasteiger partial charge in [-0.1, -0.05) is 10.4 Å². The fourth-order valence-electron chi connectivity index (χ4n) is 1.92. The summed E-state index contributed by atoms with van der Waals surface area (Å²) in [5, 5.41) is 11.7. The molecule has 0 radical (unpaired) electrons. The highest BCUT2D eigenvalue weighted by Gasteiger charge is 2.29. The smallest absolute Gasteiger partial charge is 0.360 e. The average Bonchev–Trinajstić information content (AvgIpc) is 3.09. The number of ether oxygens (including phenoxy) is 1. The predicted octanol–water partition coefficient (Wildman–Crippen LogP) is 1.50. The summed E-state index contributed by atoms with van der Waals surface area (Å²) < 4.78 is 11.6. The summed E-state index contributed by atoms with van der Waals surface area (Å²) in [4.78, 5) is 16.1.